The summed E-state index contributed by atoms with van der Waals surface area (Å²) in [5.41, 5.74) is 0.665. The lowest BCUT2D eigenvalue weighted by molar-refractivity contribution is -0.118. The van der Waals surface area contributed by atoms with Gasteiger partial charge in [0.05, 0.1) is 15.5 Å². The molecule has 32 heavy (non-hydrogen) atoms. The molecule has 2 N–H and O–H groups in total. The Kier molecular flexibility index (Phi) is 7.53. The Hall–Kier alpha value is -2.08. The fraction of sp³-hybridized carbons (Fsp3) is 0.381. The number of sulfonamides is 2. The Bertz CT molecular complexity index is 1190. The Morgan fingerprint density at radius 2 is 1.56 bits per heavy atom. The number of carbonyl (C=O) groups excluding carboxylic acids is 1. The van der Waals surface area contributed by atoms with Crippen molar-refractivity contribution in [2.75, 3.05) is 29.4 Å². The minimum absolute atomic E-state index is 0.0110. The van der Waals surface area contributed by atoms with Gasteiger partial charge in [-0.2, -0.15) is 4.31 Å². The molecular weight excluding hydrogens is 470 g/mol. The molecule has 11 heteroatoms. The van der Waals surface area contributed by atoms with Crippen LogP contribution in [0.3, 0.4) is 0 Å². The number of carbonyl (C=O) groups is 1. The molecule has 2 aromatic rings. The highest BCUT2D eigenvalue weighted by molar-refractivity contribution is 7.98. The van der Waals surface area contributed by atoms with Gasteiger partial charge in [-0.05, 0) is 61.6 Å². The van der Waals surface area contributed by atoms with Crippen LogP contribution in [0, 0.1) is 5.92 Å². The molecule has 1 aliphatic rings. The summed E-state index contributed by atoms with van der Waals surface area (Å²) < 4.78 is 55.0. The minimum atomic E-state index is -3.95. The first-order valence-electron chi connectivity index (χ1n) is 10.2. The van der Waals surface area contributed by atoms with Crippen LogP contribution in [0.2, 0.25) is 0 Å². The molecule has 2 aromatic carbocycles. The molecule has 174 valence electrons. The summed E-state index contributed by atoms with van der Waals surface area (Å²) in [5, 5.41) is 2.76. The molecule has 1 saturated heterocycles. The third-order valence-electron chi connectivity index (χ3n) is 5.07. The second-order valence-electron chi connectivity index (χ2n) is 7.75. The third kappa shape index (κ3) is 5.45. The van der Waals surface area contributed by atoms with Gasteiger partial charge in [0.1, 0.15) is 0 Å². The summed E-state index contributed by atoms with van der Waals surface area (Å²) in [4.78, 5) is 13.0. The van der Waals surface area contributed by atoms with Crippen LogP contribution >= 0.6 is 11.8 Å². The van der Waals surface area contributed by atoms with E-state index in [9.17, 15) is 21.6 Å². The van der Waals surface area contributed by atoms with Crippen molar-refractivity contribution < 1.29 is 21.6 Å². The highest BCUT2D eigenvalue weighted by Crippen LogP contribution is 2.30. The van der Waals surface area contributed by atoms with Gasteiger partial charge in [0.25, 0.3) is 10.0 Å². The summed E-state index contributed by atoms with van der Waals surface area (Å²) in [6.07, 6.45) is 3.52. The minimum Gasteiger partial charge on any atom is -0.325 e. The number of anilines is 2. The fourth-order valence-electron chi connectivity index (χ4n) is 3.22. The average Bonchev–Trinajstić information content (AvgIpc) is 3.29. The van der Waals surface area contributed by atoms with E-state index >= 15 is 0 Å². The summed E-state index contributed by atoms with van der Waals surface area (Å²) in [5.74, 6) is -0.462. The zero-order valence-corrected chi connectivity index (χ0v) is 20.6. The normalized spacial score (nSPS) is 15.1. The van der Waals surface area contributed by atoms with Crippen molar-refractivity contribution in [3.05, 3.63) is 42.5 Å². The molecule has 0 aromatic heterocycles. The van der Waals surface area contributed by atoms with E-state index in [-0.39, 0.29) is 27.3 Å². The Morgan fingerprint density at radius 3 is 2.12 bits per heavy atom. The first kappa shape index (κ1) is 24.6. The molecule has 0 bridgehead atoms. The van der Waals surface area contributed by atoms with Crippen LogP contribution in [-0.2, 0) is 24.8 Å². The number of benzene rings is 2. The van der Waals surface area contributed by atoms with Crippen molar-refractivity contribution >= 4 is 49.1 Å². The summed E-state index contributed by atoms with van der Waals surface area (Å²) in [6.45, 7) is 4.50. The highest BCUT2D eigenvalue weighted by atomic mass is 32.2. The fourth-order valence-corrected chi connectivity index (χ4v) is 6.35. The van der Waals surface area contributed by atoms with Gasteiger partial charge in [0.2, 0.25) is 15.9 Å². The predicted molar refractivity (Wildman–Crippen MR) is 127 cm³/mol. The van der Waals surface area contributed by atoms with E-state index in [0.29, 0.717) is 18.8 Å². The Labute approximate surface area is 193 Å². The van der Waals surface area contributed by atoms with Crippen molar-refractivity contribution in [1.29, 1.82) is 0 Å². The molecule has 0 saturated carbocycles. The largest absolute Gasteiger partial charge is 0.325 e. The van der Waals surface area contributed by atoms with Gasteiger partial charge in [-0.25, -0.2) is 16.8 Å². The number of rotatable bonds is 8. The average molecular weight is 498 g/mol. The molecule has 0 aliphatic carbocycles. The van der Waals surface area contributed by atoms with Crippen LogP contribution in [0.4, 0.5) is 11.4 Å². The van der Waals surface area contributed by atoms with Crippen molar-refractivity contribution in [1.82, 2.24) is 4.31 Å². The van der Waals surface area contributed by atoms with Crippen molar-refractivity contribution in [3.8, 4) is 0 Å². The molecule has 1 fully saturated rings. The van der Waals surface area contributed by atoms with Gasteiger partial charge in [0, 0.05) is 29.6 Å². The van der Waals surface area contributed by atoms with Crippen LogP contribution in [0.15, 0.2) is 57.2 Å². The number of hydrogen-bond acceptors (Lipinski definition) is 6. The lowest BCUT2D eigenvalue weighted by atomic mass is 10.2. The van der Waals surface area contributed by atoms with Gasteiger partial charge in [-0.3, -0.25) is 9.52 Å². The molecule has 3 rings (SSSR count). The number of hydrogen-bond donors (Lipinski definition) is 2. The van der Waals surface area contributed by atoms with Gasteiger partial charge >= 0.3 is 0 Å². The lowest BCUT2D eigenvalue weighted by Gasteiger charge is -2.16. The maximum absolute atomic E-state index is 12.9. The Morgan fingerprint density at radius 1 is 0.969 bits per heavy atom. The molecule has 0 unspecified atom stereocenters. The van der Waals surface area contributed by atoms with E-state index in [4.69, 9.17) is 0 Å². The molecule has 1 amide bonds. The van der Waals surface area contributed by atoms with Crippen LogP contribution < -0.4 is 10.0 Å². The maximum Gasteiger partial charge on any atom is 0.261 e. The monoisotopic (exact) mass is 497 g/mol. The van der Waals surface area contributed by atoms with Gasteiger partial charge < -0.3 is 5.32 Å². The number of amides is 1. The highest BCUT2D eigenvalue weighted by Gasteiger charge is 2.27. The van der Waals surface area contributed by atoms with Gasteiger partial charge in [-0.1, -0.05) is 13.8 Å². The molecule has 0 atom stereocenters. The Balaban J connectivity index is 1.82. The second kappa shape index (κ2) is 9.82. The summed E-state index contributed by atoms with van der Waals surface area (Å²) >= 11 is 1.40. The van der Waals surface area contributed by atoms with Gasteiger partial charge in [-0.15, -0.1) is 11.8 Å². The summed E-state index contributed by atoms with van der Waals surface area (Å²) in [7, 11) is -7.52. The van der Waals surface area contributed by atoms with E-state index in [1.165, 1.54) is 52.5 Å². The topological polar surface area (TPSA) is 113 Å². The molecule has 0 spiro atoms. The van der Waals surface area contributed by atoms with Crippen molar-refractivity contribution in [2.24, 2.45) is 5.92 Å². The first-order chi connectivity index (χ1) is 15.0. The zero-order valence-electron chi connectivity index (χ0n) is 18.2. The van der Waals surface area contributed by atoms with E-state index in [1.807, 2.05) is 6.26 Å². The number of nitrogens with zero attached hydrogens (tertiary/aromatic N) is 1. The van der Waals surface area contributed by atoms with E-state index in [1.54, 1.807) is 19.9 Å². The van der Waals surface area contributed by atoms with Crippen LogP contribution in [0.5, 0.6) is 0 Å². The van der Waals surface area contributed by atoms with Gasteiger partial charge in [0.15, 0.2) is 0 Å². The smallest absolute Gasteiger partial charge is 0.261 e. The molecule has 0 radical (unpaired) electrons. The lowest BCUT2D eigenvalue weighted by Crippen LogP contribution is -2.27. The van der Waals surface area contributed by atoms with Crippen molar-refractivity contribution in [3.63, 3.8) is 0 Å². The van der Waals surface area contributed by atoms with Crippen molar-refractivity contribution in [2.45, 2.75) is 41.4 Å². The second-order valence-corrected chi connectivity index (χ2v) is 12.2. The first-order valence-corrected chi connectivity index (χ1v) is 14.3. The number of nitrogens with one attached hydrogen (secondary N) is 2. The van der Waals surface area contributed by atoms with Crippen LogP contribution in [0.1, 0.15) is 26.7 Å². The number of thioether (sulfide) groups is 1. The van der Waals surface area contributed by atoms with E-state index in [2.05, 4.69) is 10.0 Å². The molecule has 1 heterocycles. The molecular formula is C21H27N3O5S3. The standard InChI is InChI=1S/C21H27N3O5S3/c1-15(2)21(25)22-19-14-18(10-11-20(19)30-3)31(26,27)23-16-6-8-17(9-7-16)32(28,29)24-12-4-5-13-24/h6-11,14-15,23H,4-5,12-13H2,1-3H3,(H,22,25). The molecule has 1 aliphatic heterocycles. The SMILES string of the molecule is CSc1ccc(S(=O)(=O)Nc2ccc(S(=O)(=O)N3CCCC3)cc2)cc1NC(=O)C(C)C. The van der Waals surface area contributed by atoms with Crippen LogP contribution in [-0.4, -0.2) is 46.4 Å². The quantitative estimate of drug-likeness (QED) is 0.539. The zero-order chi connectivity index (χ0) is 23.5. The summed E-state index contributed by atoms with van der Waals surface area (Å²) in [6, 6.07) is 10.2. The van der Waals surface area contributed by atoms with E-state index in [0.717, 1.165) is 17.7 Å². The predicted octanol–water partition coefficient (Wildman–Crippen LogP) is 3.59. The maximum atomic E-state index is 12.9. The third-order valence-corrected chi connectivity index (χ3v) is 9.16. The van der Waals surface area contributed by atoms with E-state index < -0.39 is 20.0 Å². The molecule has 8 nitrogen and oxygen atoms in total. The van der Waals surface area contributed by atoms with Crippen LogP contribution in [0.25, 0.3) is 0 Å².